The fourth-order valence-corrected chi connectivity index (χ4v) is 4.14. The van der Waals surface area contributed by atoms with E-state index in [1.165, 1.54) is 41.9 Å². The lowest BCUT2D eigenvalue weighted by atomic mass is 9.71. The predicted molar refractivity (Wildman–Crippen MR) is 118 cm³/mol. The van der Waals surface area contributed by atoms with E-state index in [1.807, 2.05) is 0 Å². The molecule has 11 heteroatoms. The maximum absolute atomic E-state index is 14.7. The fourth-order valence-electron chi connectivity index (χ4n) is 4.14. The molecule has 0 saturated heterocycles. The van der Waals surface area contributed by atoms with Gasteiger partial charge in [0.25, 0.3) is 0 Å². The van der Waals surface area contributed by atoms with Gasteiger partial charge in [0.05, 0.1) is 5.69 Å². The van der Waals surface area contributed by atoms with E-state index in [1.54, 1.807) is 27.7 Å². The monoisotopic (exact) mass is 475 g/mol. The standard InChI is InChI=1S/C23H24F3N5O3/c1-13-10-20(16(4)15(3)14(13)2)22(12-30(33)34,23(24,25)26)11-21(32)18-6-8-19(9-7-18)31-17(5)27-28-29-31/h6-10H,11-12H2,1-5H3. The molecule has 0 bridgehead atoms. The largest absolute Gasteiger partial charge is 0.405 e. The van der Waals surface area contributed by atoms with Crippen molar-refractivity contribution in [3.05, 3.63) is 79.7 Å². The average Bonchev–Trinajstić information content (AvgIpc) is 3.19. The van der Waals surface area contributed by atoms with Crippen LogP contribution >= 0.6 is 0 Å². The van der Waals surface area contributed by atoms with Crippen LogP contribution in [0.4, 0.5) is 13.2 Å². The summed E-state index contributed by atoms with van der Waals surface area (Å²) < 4.78 is 45.4. The molecule has 3 rings (SSSR count). The molecule has 2 aromatic carbocycles. The first-order valence-corrected chi connectivity index (χ1v) is 10.4. The summed E-state index contributed by atoms with van der Waals surface area (Å²) >= 11 is 0. The van der Waals surface area contributed by atoms with Crippen LogP contribution in [-0.4, -0.2) is 43.6 Å². The van der Waals surface area contributed by atoms with Crippen molar-refractivity contribution in [3.63, 3.8) is 0 Å². The maximum Gasteiger partial charge on any atom is 0.405 e. The van der Waals surface area contributed by atoms with Gasteiger partial charge < -0.3 is 0 Å². The third kappa shape index (κ3) is 4.42. The second-order valence-corrected chi connectivity index (χ2v) is 8.47. The van der Waals surface area contributed by atoms with Gasteiger partial charge in [-0.25, -0.2) is 0 Å². The van der Waals surface area contributed by atoms with Gasteiger partial charge in [0.15, 0.2) is 17.0 Å². The molecule has 1 unspecified atom stereocenters. The van der Waals surface area contributed by atoms with Crippen molar-refractivity contribution in [2.75, 3.05) is 6.54 Å². The number of carbonyl (C=O) groups excluding carboxylic acids is 1. The van der Waals surface area contributed by atoms with Crippen LogP contribution < -0.4 is 0 Å². The summed E-state index contributed by atoms with van der Waals surface area (Å²) in [6.07, 6.45) is -6.14. The Morgan fingerprint density at radius 2 is 1.65 bits per heavy atom. The van der Waals surface area contributed by atoms with Gasteiger partial charge in [-0.15, -0.1) is 5.10 Å². The Labute approximate surface area is 193 Å². The highest BCUT2D eigenvalue weighted by Crippen LogP contribution is 2.47. The van der Waals surface area contributed by atoms with Crippen molar-refractivity contribution in [2.24, 2.45) is 0 Å². The Hall–Kier alpha value is -3.63. The van der Waals surface area contributed by atoms with Crippen LogP contribution in [0, 0.1) is 44.7 Å². The van der Waals surface area contributed by atoms with Gasteiger partial charge in [-0.1, -0.05) is 6.07 Å². The second-order valence-electron chi connectivity index (χ2n) is 8.47. The molecule has 0 amide bonds. The number of benzene rings is 2. The number of hydrogen-bond acceptors (Lipinski definition) is 6. The first kappa shape index (κ1) is 25.0. The van der Waals surface area contributed by atoms with Crippen LogP contribution in [0.15, 0.2) is 30.3 Å². The number of aryl methyl sites for hydroxylation is 2. The zero-order valence-corrected chi connectivity index (χ0v) is 19.4. The topological polar surface area (TPSA) is 104 Å². The molecule has 0 N–H and O–H groups in total. The van der Waals surface area contributed by atoms with Gasteiger partial charge in [0.2, 0.25) is 6.54 Å². The lowest BCUT2D eigenvalue weighted by molar-refractivity contribution is -0.501. The Balaban J connectivity index is 2.11. The Bertz CT molecular complexity index is 1250. The molecule has 0 aliphatic heterocycles. The van der Waals surface area contributed by atoms with E-state index in [9.17, 15) is 28.1 Å². The van der Waals surface area contributed by atoms with Crippen LogP contribution in [0.5, 0.6) is 0 Å². The first-order chi connectivity index (χ1) is 15.8. The molecule has 0 fully saturated rings. The molecule has 1 atom stereocenters. The van der Waals surface area contributed by atoms with Gasteiger partial charge in [-0.05, 0) is 97.1 Å². The summed E-state index contributed by atoms with van der Waals surface area (Å²) in [5, 5.41) is 22.6. The van der Waals surface area contributed by atoms with Crippen molar-refractivity contribution in [1.29, 1.82) is 0 Å². The maximum atomic E-state index is 14.7. The van der Waals surface area contributed by atoms with Crippen LogP contribution in [-0.2, 0) is 5.41 Å². The smallest absolute Gasteiger partial charge is 0.294 e. The van der Waals surface area contributed by atoms with Crippen LogP contribution in [0.1, 0.15) is 50.4 Å². The van der Waals surface area contributed by atoms with Crippen LogP contribution in [0.2, 0.25) is 0 Å². The quantitative estimate of drug-likeness (QED) is 0.282. The predicted octanol–water partition coefficient (Wildman–Crippen LogP) is 4.55. The average molecular weight is 475 g/mol. The van der Waals surface area contributed by atoms with E-state index in [0.717, 1.165) is 5.56 Å². The number of rotatable bonds is 7. The number of tetrazole rings is 1. The zero-order chi connectivity index (χ0) is 25.4. The lowest BCUT2D eigenvalue weighted by Gasteiger charge is -2.34. The van der Waals surface area contributed by atoms with Crippen molar-refractivity contribution in [1.82, 2.24) is 20.2 Å². The van der Waals surface area contributed by atoms with E-state index in [4.69, 9.17) is 0 Å². The van der Waals surface area contributed by atoms with Gasteiger partial charge >= 0.3 is 6.18 Å². The Morgan fingerprint density at radius 1 is 1.03 bits per heavy atom. The number of aromatic nitrogens is 4. The van der Waals surface area contributed by atoms with Crippen molar-refractivity contribution in [2.45, 2.75) is 52.6 Å². The molecule has 34 heavy (non-hydrogen) atoms. The highest BCUT2D eigenvalue weighted by Gasteiger charge is 2.61. The van der Waals surface area contributed by atoms with Crippen molar-refractivity contribution < 1.29 is 22.9 Å². The van der Waals surface area contributed by atoms with E-state index in [-0.39, 0.29) is 11.1 Å². The molecule has 0 spiro atoms. The molecular weight excluding hydrogens is 451 g/mol. The summed E-state index contributed by atoms with van der Waals surface area (Å²) in [5.74, 6) is -0.365. The molecule has 1 aromatic heterocycles. The highest BCUT2D eigenvalue weighted by atomic mass is 19.4. The number of nitro groups is 1. The zero-order valence-electron chi connectivity index (χ0n) is 19.4. The third-order valence-corrected chi connectivity index (χ3v) is 6.46. The molecule has 1 heterocycles. The minimum Gasteiger partial charge on any atom is -0.294 e. The third-order valence-electron chi connectivity index (χ3n) is 6.46. The van der Waals surface area contributed by atoms with E-state index in [0.29, 0.717) is 28.2 Å². The number of halogens is 3. The second kappa shape index (κ2) is 8.96. The van der Waals surface area contributed by atoms with Crippen LogP contribution in [0.25, 0.3) is 5.69 Å². The minimum atomic E-state index is -5.04. The molecule has 0 aliphatic rings. The summed E-state index contributed by atoms with van der Waals surface area (Å²) in [4.78, 5) is 23.6. The molecule has 180 valence electrons. The normalized spacial score (nSPS) is 13.5. The molecule has 0 aliphatic carbocycles. The molecular formula is C23H24F3N5O3. The number of carbonyl (C=O) groups is 1. The Morgan fingerprint density at radius 3 is 2.15 bits per heavy atom. The summed E-state index contributed by atoms with van der Waals surface area (Å²) in [6, 6.07) is 7.07. The number of ketones is 1. The Kier molecular flexibility index (Phi) is 6.59. The molecule has 3 aromatic rings. The molecule has 0 radical (unpaired) electrons. The number of hydrogen-bond donors (Lipinski definition) is 0. The van der Waals surface area contributed by atoms with Gasteiger partial charge in [0, 0.05) is 16.9 Å². The lowest BCUT2D eigenvalue weighted by Crippen LogP contribution is -2.50. The minimum absolute atomic E-state index is 0.00431. The first-order valence-electron chi connectivity index (χ1n) is 10.4. The fraction of sp³-hybridized carbons (Fsp3) is 0.391. The van der Waals surface area contributed by atoms with Crippen molar-refractivity contribution >= 4 is 5.78 Å². The van der Waals surface area contributed by atoms with E-state index >= 15 is 0 Å². The highest BCUT2D eigenvalue weighted by molar-refractivity contribution is 5.97. The SMILES string of the molecule is Cc1cc(C(CC(=O)c2ccc(-n3nnnc3C)cc2)(C[N+](=O)[O-])C(F)(F)F)c(C)c(C)c1C. The van der Waals surface area contributed by atoms with Crippen molar-refractivity contribution in [3.8, 4) is 5.69 Å². The number of nitrogens with zero attached hydrogens (tertiary/aromatic N) is 5. The van der Waals surface area contributed by atoms with E-state index < -0.39 is 35.3 Å². The summed E-state index contributed by atoms with van der Waals surface area (Å²) in [6.45, 7) is 6.83. The van der Waals surface area contributed by atoms with Crippen LogP contribution in [0.3, 0.4) is 0 Å². The van der Waals surface area contributed by atoms with Gasteiger partial charge in [-0.3, -0.25) is 14.9 Å². The number of Topliss-reactive ketones (excluding diaryl/α,β-unsaturated/α-hetero) is 1. The molecule has 0 saturated carbocycles. The summed E-state index contributed by atoms with van der Waals surface area (Å²) in [7, 11) is 0. The van der Waals surface area contributed by atoms with Gasteiger partial charge in [0.1, 0.15) is 0 Å². The van der Waals surface area contributed by atoms with E-state index in [2.05, 4.69) is 15.5 Å². The van der Waals surface area contributed by atoms with Gasteiger partial charge in [-0.2, -0.15) is 17.9 Å². The molecule has 8 nitrogen and oxygen atoms in total. The summed E-state index contributed by atoms with van der Waals surface area (Å²) in [5.41, 5.74) is -0.420. The number of alkyl halides is 3.